The van der Waals surface area contributed by atoms with Crippen LogP contribution in [0.5, 0.6) is 0 Å². The zero-order chi connectivity index (χ0) is 15.7. The quantitative estimate of drug-likeness (QED) is 0.685. The van der Waals surface area contributed by atoms with Gasteiger partial charge in [0, 0.05) is 21.5 Å². The Bertz CT molecular complexity index is 825. The molecule has 0 aliphatic carbocycles. The van der Waals surface area contributed by atoms with Gasteiger partial charge in [-0.2, -0.15) is 0 Å². The molecule has 0 aliphatic rings. The summed E-state index contributed by atoms with van der Waals surface area (Å²) in [4.78, 5) is 12.7. The van der Waals surface area contributed by atoms with E-state index in [1.54, 1.807) is 36.4 Å². The summed E-state index contributed by atoms with van der Waals surface area (Å²) in [6, 6.07) is 12.6. The van der Waals surface area contributed by atoms with E-state index in [0.717, 1.165) is 5.56 Å². The number of thiophene rings is 1. The van der Waals surface area contributed by atoms with Gasteiger partial charge in [-0.05, 0) is 42.0 Å². The summed E-state index contributed by atoms with van der Waals surface area (Å²) >= 11 is 7.14. The van der Waals surface area contributed by atoms with Gasteiger partial charge in [-0.25, -0.2) is 4.39 Å². The van der Waals surface area contributed by atoms with Crippen molar-refractivity contribution < 1.29 is 9.18 Å². The van der Waals surface area contributed by atoms with Gasteiger partial charge in [0.15, 0.2) is 5.78 Å². The minimum absolute atomic E-state index is 0.172. The molecule has 3 aromatic rings. The van der Waals surface area contributed by atoms with Crippen molar-refractivity contribution in [3.63, 3.8) is 0 Å². The van der Waals surface area contributed by atoms with Crippen LogP contribution < -0.4 is 5.73 Å². The van der Waals surface area contributed by atoms with Crippen LogP contribution in [0.25, 0.3) is 11.1 Å². The number of ketones is 1. The van der Waals surface area contributed by atoms with E-state index < -0.39 is 0 Å². The van der Waals surface area contributed by atoms with Crippen molar-refractivity contribution in [1.29, 1.82) is 0 Å². The van der Waals surface area contributed by atoms with Gasteiger partial charge in [-0.1, -0.05) is 23.7 Å². The highest BCUT2D eigenvalue weighted by Gasteiger charge is 2.20. The number of hydrogen-bond donors (Lipinski definition) is 1. The Kier molecular flexibility index (Phi) is 3.96. The van der Waals surface area contributed by atoms with Gasteiger partial charge >= 0.3 is 0 Å². The standard InChI is InChI=1S/C17H11ClFNOS/c18-12-5-1-11(2-6-12)16(21)15-14(9-22-17(15)20)10-3-7-13(19)8-4-10/h1-9H,20H2. The van der Waals surface area contributed by atoms with Crippen molar-refractivity contribution in [2.24, 2.45) is 0 Å². The number of rotatable bonds is 3. The fourth-order valence-electron chi connectivity index (χ4n) is 2.19. The van der Waals surface area contributed by atoms with Crippen molar-refractivity contribution in [1.82, 2.24) is 0 Å². The van der Waals surface area contributed by atoms with Crippen LogP contribution in [0.2, 0.25) is 5.02 Å². The minimum atomic E-state index is -0.322. The third-order valence-corrected chi connectivity index (χ3v) is 4.37. The van der Waals surface area contributed by atoms with Crippen LogP contribution in [-0.2, 0) is 0 Å². The first kappa shape index (κ1) is 14.8. The largest absolute Gasteiger partial charge is 0.390 e. The summed E-state index contributed by atoms with van der Waals surface area (Å²) in [5.74, 6) is -0.493. The van der Waals surface area contributed by atoms with Crippen LogP contribution in [-0.4, -0.2) is 5.78 Å². The molecule has 5 heteroatoms. The first-order chi connectivity index (χ1) is 10.6. The maximum absolute atomic E-state index is 13.1. The number of halogens is 2. The molecular formula is C17H11ClFNOS. The number of nitrogens with two attached hydrogens (primary N) is 1. The van der Waals surface area contributed by atoms with Crippen molar-refractivity contribution in [2.45, 2.75) is 0 Å². The zero-order valence-corrected chi connectivity index (χ0v) is 12.9. The summed E-state index contributed by atoms with van der Waals surface area (Å²) < 4.78 is 13.1. The minimum Gasteiger partial charge on any atom is -0.390 e. The van der Waals surface area contributed by atoms with Crippen molar-refractivity contribution >= 4 is 33.7 Å². The number of carbonyl (C=O) groups excluding carboxylic acids is 1. The molecule has 0 saturated heterocycles. The Morgan fingerprint density at radius 3 is 2.32 bits per heavy atom. The molecule has 110 valence electrons. The van der Waals surface area contributed by atoms with Crippen molar-refractivity contribution in [3.8, 4) is 11.1 Å². The molecule has 0 fully saturated rings. The number of hydrogen-bond acceptors (Lipinski definition) is 3. The third-order valence-electron chi connectivity index (χ3n) is 3.31. The number of carbonyl (C=O) groups is 1. The lowest BCUT2D eigenvalue weighted by molar-refractivity contribution is 0.104. The molecule has 0 unspecified atom stereocenters. The van der Waals surface area contributed by atoms with E-state index in [9.17, 15) is 9.18 Å². The first-order valence-corrected chi connectivity index (χ1v) is 7.75. The van der Waals surface area contributed by atoms with Crippen LogP contribution in [0.3, 0.4) is 0 Å². The molecule has 0 saturated carbocycles. The molecule has 1 heterocycles. The zero-order valence-electron chi connectivity index (χ0n) is 11.3. The Morgan fingerprint density at radius 1 is 1.05 bits per heavy atom. The van der Waals surface area contributed by atoms with Gasteiger partial charge in [0.2, 0.25) is 0 Å². The van der Waals surface area contributed by atoms with E-state index in [2.05, 4.69) is 0 Å². The van der Waals surface area contributed by atoms with Gasteiger partial charge in [0.1, 0.15) is 5.82 Å². The molecule has 0 atom stereocenters. The number of anilines is 1. The van der Waals surface area contributed by atoms with Crippen LogP contribution >= 0.6 is 22.9 Å². The molecule has 3 rings (SSSR count). The van der Waals surface area contributed by atoms with Gasteiger partial charge in [0.25, 0.3) is 0 Å². The molecule has 2 nitrogen and oxygen atoms in total. The van der Waals surface area contributed by atoms with E-state index >= 15 is 0 Å². The smallest absolute Gasteiger partial charge is 0.196 e. The molecule has 0 amide bonds. The molecular weight excluding hydrogens is 321 g/mol. The van der Waals surface area contributed by atoms with Crippen LogP contribution in [0.15, 0.2) is 53.9 Å². The topological polar surface area (TPSA) is 43.1 Å². The Balaban J connectivity index is 2.07. The van der Waals surface area contributed by atoms with Crippen molar-refractivity contribution in [3.05, 3.63) is 75.9 Å². The summed E-state index contributed by atoms with van der Waals surface area (Å²) in [7, 11) is 0. The average Bonchev–Trinajstić information content (AvgIpc) is 2.90. The highest BCUT2D eigenvalue weighted by Crippen LogP contribution is 2.35. The van der Waals surface area contributed by atoms with E-state index in [0.29, 0.717) is 26.7 Å². The summed E-state index contributed by atoms with van der Waals surface area (Å²) in [5.41, 5.74) is 8.40. The number of nitrogen functional groups attached to an aromatic ring is 1. The number of benzene rings is 2. The second-order valence-electron chi connectivity index (χ2n) is 4.73. The average molecular weight is 332 g/mol. The van der Waals surface area contributed by atoms with Gasteiger partial charge in [-0.15, -0.1) is 11.3 Å². The van der Waals surface area contributed by atoms with Crippen LogP contribution in [0.1, 0.15) is 15.9 Å². The summed E-state index contributed by atoms with van der Waals surface area (Å²) in [5, 5.41) is 2.82. The lowest BCUT2D eigenvalue weighted by Crippen LogP contribution is -2.04. The molecule has 0 spiro atoms. The molecule has 0 aliphatic heterocycles. The Labute approximate surface area is 136 Å². The van der Waals surface area contributed by atoms with E-state index in [1.165, 1.54) is 23.5 Å². The second-order valence-corrected chi connectivity index (χ2v) is 6.08. The predicted octanol–water partition coefficient (Wildman–Crippen LogP) is 5.02. The van der Waals surface area contributed by atoms with Crippen molar-refractivity contribution in [2.75, 3.05) is 5.73 Å². The molecule has 22 heavy (non-hydrogen) atoms. The Hall–Kier alpha value is -2.17. The highest BCUT2D eigenvalue weighted by atomic mass is 35.5. The normalized spacial score (nSPS) is 10.6. The van der Waals surface area contributed by atoms with Gasteiger partial charge < -0.3 is 5.73 Å². The molecule has 2 aromatic carbocycles. The van der Waals surface area contributed by atoms with Gasteiger partial charge in [-0.3, -0.25) is 4.79 Å². The maximum Gasteiger partial charge on any atom is 0.196 e. The molecule has 0 bridgehead atoms. The van der Waals surface area contributed by atoms with E-state index in [4.69, 9.17) is 17.3 Å². The second kappa shape index (κ2) is 5.91. The van der Waals surface area contributed by atoms with Crippen LogP contribution in [0, 0.1) is 5.82 Å². The molecule has 0 radical (unpaired) electrons. The first-order valence-electron chi connectivity index (χ1n) is 6.49. The predicted molar refractivity (Wildman–Crippen MR) is 89.0 cm³/mol. The van der Waals surface area contributed by atoms with E-state index in [1.807, 2.05) is 5.38 Å². The van der Waals surface area contributed by atoms with Crippen LogP contribution in [0.4, 0.5) is 9.39 Å². The Morgan fingerprint density at radius 2 is 1.68 bits per heavy atom. The van der Waals surface area contributed by atoms with E-state index in [-0.39, 0.29) is 11.6 Å². The molecule has 1 aromatic heterocycles. The SMILES string of the molecule is Nc1scc(-c2ccc(F)cc2)c1C(=O)c1ccc(Cl)cc1. The summed E-state index contributed by atoms with van der Waals surface area (Å²) in [6.45, 7) is 0. The van der Waals surface area contributed by atoms with Gasteiger partial charge in [0.05, 0.1) is 10.6 Å². The molecule has 2 N–H and O–H groups in total. The lowest BCUT2D eigenvalue weighted by atomic mass is 9.97. The third kappa shape index (κ3) is 2.75. The highest BCUT2D eigenvalue weighted by molar-refractivity contribution is 7.15. The monoisotopic (exact) mass is 331 g/mol. The summed E-state index contributed by atoms with van der Waals surface area (Å²) in [6.07, 6.45) is 0. The fourth-order valence-corrected chi connectivity index (χ4v) is 3.14. The lowest BCUT2D eigenvalue weighted by Gasteiger charge is -2.06. The maximum atomic E-state index is 13.1. The fraction of sp³-hybridized carbons (Fsp3) is 0.